The summed E-state index contributed by atoms with van der Waals surface area (Å²) in [6, 6.07) is 95.9. The first-order valence-corrected chi connectivity index (χ1v) is 25.8. The zero-order valence-electron chi connectivity index (χ0n) is 37.8. The molecule has 1 aromatic heterocycles. The first-order chi connectivity index (χ1) is 34.2. The number of hydrogen-bond acceptors (Lipinski definition) is 3. The van der Waals surface area contributed by atoms with Gasteiger partial charge in [0.05, 0.1) is 0 Å². The molecule has 0 saturated carbocycles. The van der Waals surface area contributed by atoms with Crippen molar-refractivity contribution in [3.8, 4) is 56.4 Å². The largest absolute Gasteiger partial charge is 0.208 e. The van der Waals surface area contributed by atoms with Gasteiger partial charge in [-0.3, -0.25) is 0 Å². The van der Waals surface area contributed by atoms with Crippen LogP contribution in [-0.4, -0.2) is 23.0 Å². The van der Waals surface area contributed by atoms with E-state index in [1.807, 2.05) is 36.4 Å². The van der Waals surface area contributed by atoms with E-state index in [1.165, 1.54) is 76.4 Å². The summed E-state index contributed by atoms with van der Waals surface area (Å²) >= 11 is 0. The molecule has 3 aliphatic rings. The molecule has 10 aromatic carbocycles. The van der Waals surface area contributed by atoms with E-state index in [0.717, 1.165) is 16.7 Å². The molecule has 3 nitrogen and oxygen atoms in total. The molecule has 0 fully saturated rings. The van der Waals surface area contributed by atoms with E-state index in [1.54, 1.807) is 0 Å². The maximum atomic E-state index is 5.38. The van der Waals surface area contributed by atoms with E-state index < -0.39 is 8.07 Å². The first kappa shape index (κ1) is 40.7. The predicted molar refractivity (Wildman–Crippen MR) is 285 cm³/mol. The van der Waals surface area contributed by atoms with E-state index in [0.29, 0.717) is 17.5 Å². The molecule has 0 spiro atoms. The van der Waals surface area contributed by atoms with Crippen LogP contribution in [0.15, 0.2) is 261 Å². The van der Waals surface area contributed by atoms with Crippen LogP contribution in [0, 0.1) is 0 Å². The van der Waals surface area contributed by atoms with Crippen LogP contribution in [0.3, 0.4) is 0 Å². The van der Waals surface area contributed by atoms with Gasteiger partial charge in [0, 0.05) is 28.5 Å². The lowest BCUT2D eigenvalue weighted by atomic mass is 9.60. The minimum absolute atomic E-state index is 0.00824. The van der Waals surface area contributed by atoms with Gasteiger partial charge in [-0.1, -0.05) is 261 Å². The maximum Gasteiger partial charge on any atom is 0.179 e. The van der Waals surface area contributed by atoms with E-state index in [4.69, 9.17) is 15.0 Å². The second kappa shape index (κ2) is 16.9. The van der Waals surface area contributed by atoms with Crippen LogP contribution in [0.1, 0.15) is 45.2 Å². The number of rotatable bonds is 9. The van der Waals surface area contributed by atoms with Crippen molar-refractivity contribution in [2.75, 3.05) is 0 Å². The van der Waals surface area contributed by atoms with Gasteiger partial charge in [0.15, 0.2) is 25.5 Å². The van der Waals surface area contributed by atoms with Gasteiger partial charge >= 0.3 is 0 Å². The molecule has 324 valence electrons. The summed E-state index contributed by atoms with van der Waals surface area (Å²) in [5, 5.41) is 5.43. The lowest BCUT2D eigenvalue weighted by Gasteiger charge is -2.46. The van der Waals surface area contributed by atoms with Crippen molar-refractivity contribution < 1.29 is 0 Å². The summed E-state index contributed by atoms with van der Waals surface area (Å²) in [5.41, 5.74) is 15.9. The van der Waals surface area contributed by atoms with E-state index >= 15 is 0 Å². The van der Waals surface area contributed by atoms with Gasteiger partial charge in [-0.05, 0) is 76.4 Å². The fourth-order valence-electron chi connectivity index (χ4n) is 11.5. The fourth-order valence-corrected chi connectivity index (χ4v) is 16.6. The van der Waals surface area contributed by atoms with Gasteiger partial charge in [-0.15, -0.1) is 0 Å². The summed E-state index contributed by atoms with van der Waals surface area (Å²) in [5.74, 6) is 1.90. The molecule has 14 rings (SSSR count). The summed E-state index contributed by atoms with van der Waals surface area (Å²) < 4.78 is 0. The van der Waals surface area contributed by atoms with Gasteiger partial charge in [0.25, 0.3) is 0 Å². The van der Waals surface area contributed by atoms with Crippen molar-refractivity contribution in [2.45, 2.75) is 11.8 Å². The minimum Gasteiger partial charge on any atom is -0.208 e. The summed E-state index contributed by atoms with van der Waals surface area (Å²) in [7, 11) is -3.23. The Bertz CT molecular complexity index is 3530. The summed E-state index contributed by atoms with van der Waals surface area (Å²) in [6.45, 7) is 0. The molecule has 3 aliphatic carbocycles. The Morgan fingerprint density at radius 1 is 0.261 bits per heavy atom. The van der Waals surface area contributed by atoms with E-state index in [-0.39, 0.29) is 11.8 Å². The zero-order chi connectivity index (χ0) is 45.7. The lowest BCUT2D eigenvalue weighted by Crippen LogP contribution is -2.75. The highest BCUT2D eigenvalue weighted by Gasteiger charge is 2.50. The third-order valence-corrected chi connectivity index (χ3v) is 19.3. The third-order valence-electron chi connectivity index (χ3n) is 14.5. The highest BCUT2D eigenvalue weighted by molar-refractivity contribution is 7.20. The molecule has 2 atom stereocenters. The molecular formula is C65H45N3Si. The summed E-state index contributed by atoms with van der Waals surface area (Å²) in [4.78, 5) is 15.9. The van der Waals surface area contributed by atoms with Crippen molar-refractivity contribution in [2.24, 2.45) is 0 Å². The normalized spacial score (nSPS) is 14.4. The van der Waals surface area contributed by atoms with Crippen LogP contribution in [-0.2, 0) is 0 Å². The standard InChI is InChI=1S/C65H45N3Si/c1-6-22-44(23-7-1)48-30-18-34-51(42-48)69(50-32-14-5-15-33-50,52-35-19-31-49(43-52)45-24-8-2-9-25-45)58-41-21-39-56-59-53-36-16-17-37-54(53)62(61(56)58)60-55(59)38-20-40-57(60)65-67-63(46-26-10-3-11-27-46)66-64(68-65)47-28-12-4-13-29-47/h1-43,59,62H. The van der Waals surface area contributed by atoms with Crippen LogP contribution < -0.4 is 20.7 Å². The Morgan fingerprint density at radius 3 is 1.17 bits per heavy atom. The molecule has 11 aromatic rings. The van der Waals surface area contributed by atoms with Crippen LogP contribution in [0.2, 0.25) is 0 Å². The molecule has 2 bridgehead atoms. The molecule has 0 radical (unpaired) electrons. The Kier molecular flexibility index (Phi) is 9.99. The van der Waals surface area contributed by atoms with Gasteiger partial charge in [0.2, 0.25) is 0 Å². The molecule has 0 saturated heterocycles. The number of aromatic nitrogens is 3. The van der Waals surface area contributed by atoms with Crippen LogP contribution in [0.25, 0.3) is 56.4 Å². The molecule has 69 heavy (non-hydrogen) atoms. The Hall–Kier alpha value is -8.57. The van der Waals surface area contributed by atoms with Crippen molar-refractivity contribution in [3.63, 3.8) is 0 Å². The highest BCUT2D eigenvalue weighted by atomic mass is 28.3. The molecular weight excluding hydrogens is 851 g/mol. The molecule has 2 unspecified atom stereocenters. The molecule has 0 amide bonds. The Labute approximate surface area is 404 Å². The number of nitrogens with zero attached hydrogens (tertiary/aromatic N) is 3. The lowest BCUT2D eigenvalue weighted by molar-refractivity contribution is 0.758. The van der Waals surface area contributed by atoms with Crippen molar-refractivity contribution in [3.05, 3.63) is 294 Å². The van der Waals surface area contributed by atoms with Gasteiger partial charge in [0.1, 0.15) is 0 Å². The average Bonchev–Trinajstić information content (AvgIpc) is 3.44. The van der Waals surface area contributed by atoms with E-state index in [9.17, 15) is 0 Å². The monoisotopic (exact) mass is 895 g/mol. The van der Waals surface area contributed by atoms with Gasteiger partial charge in [-0.2, -0.15) is 0 Å². The smallest absolute Gasteiger partial charge is 0.179 e. The van der Waals surface area contributed by atoms with Crippen molar-refractivity contribution in [1.29, 1.82) is 0 Å². The van der Waals surface area contributed by atoms with Gasteiger partial charge < -0.3 is 0 Å². The number of hydrogen-bond donors (Lipinski definition) is 0. The van der Waals surface area contributed by atoms with Crippen LogP contribution >= 0.6 is 0 Å². The second-order valence-corrected chi connectivity index (χ2v) is 21.9. The molecule has 0 N–H and O–H groups in total. The Morgan fingerprint density at radius 2 is 0.638 bits per heavy atom. The Balaban J connectivity index is 1.12. The predicted octanol–water partition coefficient (Wildman–Crippen LogP) is 12.6. The average molecular weight is 896 g/mol. The minimum atomic E-state index is -3.23. The molecule has 0 aliphatic heterocycles. The first-order valence-electron chi connectivity index (χ1n) is 23.8. The molecule has 4 heteroatoms. The second-order valence-electron chi connectivity index (χ2n) is 18.2. The van der Waals surface area contributed by atoms with Crippen molar-refractivity contribution >= 4 is 28.8 Å². The zero-order valence-corrected chi connectivity index (χ0v) is 38.8. The SMILES string of the molecule is c1ccc(-c2cccc([Si](c3ccccc3)(c3cccc(-c4ccccc4)c3)c3cccc4c3C3c5ccccc5C4c4cccc(-c5nc(-c6ccccc6)nc(-c6ccccc6)n5)c43)c2)cc1. The van der Waals surface area contributed by atoms with E-state index in [2.05, 4.69) is 224 Å². The maximum absolute atomic E-state index is 5.38. The fraction of sp³-hybridized carbons (Fsp3) is 0.0308. The summed E-state index contributed by atoms with van der Waals surface area (Å²) in [6.07, 6.45) is 0. The third kappa shape index (κ3) is 6.75. The number of benzene rings is 10. The van der Waals surface area contributed by atoms with Crippen LogP contribution in [0.5, 0.6) is 0 Å². The molecule has 1 heterocycles. The van der Waals surface area contributed by atoms with Crippen LogP contribution in [0.4, 0.5) is 0 Å². The van der Waals surface area contributed by atoms with Crippen molar-refractivity contribution in [1.82, 2.24) is 15.0 Å². The quantitative estimate of drug-likeness (QED) is 0.107. The van der Waals surface area contributed by atoms with Gasteiger partial charge in [-0.25, -0.2) is 15.0 Å². The highest BCUT2D eigenvalue weighted by Crippen LogP contribution is 2.57. The topological polar surface area (TPSA) is 38.7 Å².